The van der Waals surface area contributed by atoms with E-state index in [1.807, 2.05) is 6.92 Å². The summed E-state index contributed by atoms with van der Waals surface area (Å²) in [6, 6.07) is 0. The number of aliphatic hydroxyl groups is 2. The molecule has 1 saturated carbocycles. The molecule has 4 heteroatoms. The Balaban J connectivity index is 1.88. The average Bonchev–Trinajstić information content (AvgIpc) is 2.80. The fourth-order valence-corrected chi connectivity index (χ4v) is 6.25. The molecular formula is C20H32O4. The summed E-state index contributed by atoms with van der Waals surface area (Å²) in [5, 5.41) is 22.0. The molecule has 3 bridgehead atoms. The highest BCUT2D eigenvalue weighted by atomic mass is 16.7. The van der Waals surface area contributed by atoms with Crippen LogP contribution >= 0.6 is 0 Å². The van der Waals surface area contributed by atoms with Crippen LogP contribution in [-0.2, 0) is 9.47 Å². The zero-order valence-corrected chi connectivity index (χ0v) is 15.4. The van der Waals surface area contributed by atoms with Gasteiger partial charge in [-0.15, -0.1) is 0 Å². The molecule has 3 heterocycles. The highest BCUT2D eigenvalue weighted by molar-refractivity contribution is 5.22. The predicted molar refractivity (Wildman–Crippen MR) is 91.3 cm³/mol. The van der Waals surface area contributed by atoms with E-state index in [2.05, 4.69) is 27.4 Å². The van der Waals surface area contributed by atoms with Gasteiger partial charge in [0.05, 0.1) is 23.4 Å². The van der Waals surface area contributed by atoms with Gasteiger partial charge in [0.1, 0.15) is 0 Å². The van der Waals surface area contributed by atoms with Gasteiger partial charge in [-0.2, -0.15) is 0 Å². The lowest BCUT2D eigenvalue weighted by atomic mass is 9.68. The third-order valence-electron chi connectivity index (χ3n) is 7.47. The highest BCUT2D eigenvalue weighted by Gasteiger charge is 2.68. The van der Waals surface area contributed by atoms with Gasteiger partial charge in [0, 0.05) is 24.7 Å². The summed E-state index contributed by atoms with van der Waals surface area (Å²) in [4.78, 5) is 0. The van der Waals surface area contributed by atoms with Crippen LogP contribution in [0.25, 0.3) is 0 Å². The first-order chi connectivity index (χ1) is 11.1. The molecule has 0 aromatic carbocycles. The maximum Gasteiger partial charge on any atom is 0.191 e. The van der Waals surface area contributed by atoms with Gasteiger partial charge in [-0.25, -0.2) is 0 Å². The van der Waals surface area contributed by atoms with Gasteiger partial charge in [0.15, 0.2) is 5.79 Å². The Hall–Kier alpha value is -0.420. The summed E-state index contributed by atoms with van der Waals surface area (Å²) < 4.78 is 13.3. The van der Waals surface area contributed by atoms with Crippen molar-refractivity contribution in [3.05, 3.63) is 12.2 Å². The lowest BCUT2D eigenvalue weighted by Crippen LogP contribution is -2.51. The number of hydrogen-bond donors (Lipinski definition) is 2. The molecule has 3 aliphatic heterocycles. The van der Waals surface area contributed by atoms with Gasteiger partial charge in [0.25, 0.3) is 0 Å². The van der Waals surface area contributed by atoms with E-state index in [9.17, 15) is 10.2 Å². The lowest BCUT2D eigenvalue weighted by Gasteiger charge is -2.43. The molecule has 4 fully saturated rings. The molecule has 0 unspecified atom stereocenters. The number of ether oxygens (including phenoxy) is 2. The number of hydrogen-bond acceptors (Lipinski definition) is 4. The molecule has 0 amide bonds. The van der Waals surface area contributed by atoms with Crippen molar-refractivity contribution in [2.75, 3.05) is 0 Å². The first-order valence-corrected chi connectivity index (χ1v) is 9.56. The molecule has 4 nitrogen and oxygen atoms in total. The standard InChI is InChI=1S/C20H32O4/c1-11(2)13-7-6-12(3)20-9-8-19(5,24-20)15-14(21)10-18(4,22)16(15)17(13)23-20/h11,13-17,21-22H,3,6-10H2,1-2,4-5H3/t13-,14+,15-,16-,17-,18-,19+,20+/m1/s1. The Kier molecular flexibility index (Phi) is 3.59. The van der Waals surface area contributed by atoms with Gasteiger partial charge < -0.3 is 19.7 Å². The molecule has 0 aromatic heterocycles. The van der Waals surface area contributed by atoms with Gasteiger partial charge in [-0.3, -0.25) is 0 Å². The SMILES string of the molecule is C=C1CC[C@H](C(C)C)[C@H]2O[C@]13CC[C@](C)(O3)[C@H]1[C@H]2[C@](C)(O)C[C@@H]1O. The molecule has 2 N–H and O–H groups in total. The molecular weight excluding hydrogens is 304 g/mol. The van der Waals surface area contributed by atoms with Gasteiger partial charge in [-0.1, -0.05) is 20.4 Å². The van der Waals surface area contributed by atoms with Crippen molar-refractivity contribution in [3.63, 3.8) is 0 Å². The summed E-state index contributed by atoms with van der Waals surface area (Å²) in [5.74, 6) is -0.107. The van der Waals surface area contributed by atoms with Crippen molar-refractivity contribution < 1.29 is 19.7 Å². The molecule has 24 heavy (non-hydrogen) atoms. The third-order valence-corrected chi connectivity index (χ3v) is 7.47. The Morgan fingerprint density at radius 1 is 1.21 bits per heavy atom. The normalized spacial score (nSPS) is 57.0. The Morgan fingerprint density at radius 3 is 2.58 bits per heavy atom. The molecule has 0 aromatic rings. The van der Waals surface area contributed by atoms with Crippen molar-refractivity contribution in [2.45, 2.75) is 89.0 Å². The second-order valence-corrected chi connectivity index (χ2v) is 9.48. The Morgan fingerprint density at radius 2 is 1.92 bits per heavy atom. The van der Waals surface area contributed by atoms with E-state index in [1.165, 1.54) is 0 Å². The smallest absolute Gasteiger partial charge is 0.191 e. The fourth-order valence-electron chi connectivity index (χ4n) is 6.25. The van der Waals surface area contributed by atoms with Crippen molar-refractivity contribution in [2.24, 2.45) is 23.7 Å². The summed E-state index contributed by atoms with van der Waals surface area (Å²) in [5.41, 5.74) is -0.347. The van der Waals surface area contributed by atoms with Crippen LogP contribution in [0.4, 0.5) is 0 Å². The van der Waals surface area contributed by atoms with Crippen LogP contribution in [0.3, 0.4) is 0 Å². The van der Waals surface area contributed by atoms with Crippen molar-refractivity contribution in [1.29, 1.82) is 0 Å². The van der Waals surface area contributed by atoms with Crippen LogP contribution in [0.1, 0.15) is 59.8 Å². The predicted octanol–water partition coefficient (Wildman–Crippen LogP) is 3.02. The topological polar surface area (TPSA) is 58.9 Å². The van der Waals surface area contributed by atoms with E-state index in [0.717, 1.165) is 31.3 Å². The van der Waals surface area contributed by atoms with E-state index in [-0.39, 0.29) is 17.9 Å². The Labute approximate surface area is 145 Å². The first-order valence-electron chi connectivity index (χ1n) is 9.56. The van der Waals surface area contributed by atoms with Crippen LogP contribution in [0.15, 0.2) is 12.2 Å². The van der Waals surface area contributed by atoms with Gasteiger partial charge >= 0.3 is 0 Å². The minimum Gasteiger partial charge on any atom is -0.393 e. The highest BCUT2D eigenvalue weighted by Crippen LogP contribution is 2.62. The molecule has 1 aliphatic carbocycles. The summed E-state index contributed by atoms with van der Waals surface area (Å²) in [6.07, 6.45) is 3.34. The minimum atomic E-state index is -0.925. The minimum absolute atomic E-state index is 0.0889. The van der Waals surface area contributed by atoms with Crippen molar-refractivity contribution in [3.8, 4) is 0 Å². The van der Waals surface area contributed by atoms with Gasteiger partial charge in [-0.05, 0) is 50.5 Å². The van der Waals surface area contributed by atoms with E-state index < -0.39 is 23.1 Å². The second kappa shape index (κ2) is 5.06. The second-order valence-electron chi connectivity index (χ2n) is 9.48. The van der Waals surface area contributed by atoms with E-state index in [1.54, 1.807) is 0 Å². The fraction of sp³-hybridized carbons (Fsp3) is 0.900. The van der Waals surface area contributed by atoms with Crippen LogP contribution in [-0.4, -0.2) is 39.4 Å². The maximum absolute atomic E-state index is 11.2. The summed E-state index contributed by atoms with van der Waals surface area (Å²) >= 11 is 0. The number of fused-ring (bicyclic) bond motifs is 5. The Bertz CT molecular complexity index is 556. The molecule has 3 saturated heterocycles. The van der Waals surface area contributed by atoms with Gasteiger partial charge in [0.2, 0.25) is 0 Å². The quantitative estimate of drug-likeness (QED) is 0.723. The van der Waals surface area contributed by atoms with Crippen LogP contribution in [0.5, 0.6) is 0 Å². The first kappa shape index (κ1) is 17.0. The third kappa shape index (κ3) is 2.13. The molecule has 4 aliphatic rings. The van der Waals surface area contributed by atoms with Crippen LogP contribution in [0.2, 0.25) is 0 Å². The van der Waals surface area contributed by atoms with Crippen molar-refractivity contribution >= 4 is 0 Å². The number of aliphatic hydroxyl groups excluding tert-OH is 1. The summed E-state index contributed by atoms with van der Waals surface area (Å²) in [7, 11) is 0. The molecule has 136 valence electrons. The van der Waals surface area contributed by atoms with Crippen LogP contribution in [0, 0.1) is 23.7 Å². The molecule has 1 spiro atoms. The van der Waals surface area contributed by atoms with Crippen LogP contribution < -0.4 is 0 Å². The molecule has 8 atom stereocenters. The van der Waals surface area contributed by atoms with E-state index in [0.29, 0.717) is 18.3 Å². The van der Waals surface area contributed by atoms with E-state index >= 15 is 0 Å². The molecule has 0 radical (unpaired) electrons. The zero-order valence-electron chi connectivity index (χ0n) is 15.4. The average molecular weight is 336 g/mol. The van der Waals surface area contributed by atoms with E-state index in [4.69, 9.17) is 9.47 Å². The number of rotatable bonds is 1. The largest absolute Gasteiger partial charge is 0.393 e. The van der Waals surface area contributed by atoms with Crippen molar-refractivity contribution in [1.82, 2.24) is 0 Å². The molecule has 4 rings (SSSR count). The zero-order chi connectivity index (χ0) is 17.5. The lowest BCUT2D eigenvalue weighted by molar-refractivity contribution is -0.244. The summed E-state index contributed by atoms with van der Waals surface area (Å²) in [6.45, 7) is 12.7. The monoisotopic (exact) mass is 336 g/mol. The maximum atomic E-state index is 11.2.